The maximum atomic E-state index is 12.2. The van der Waals surface area contributed by atoms with E-state index in [0.717, 1.165) is 22.4 Å². The molecule has 0 unspecified atom stereocenters. The second kappa shape index (κ2) is 5.58. The molecular formula is C17H18N2O2. The van der Waals surface area contributed by atoms with Gasteiger partial charge in [0.1, 0.15) is 0 Å². The third kappa shape index (κ3) is 2.76. The van der Waals surface area contributed by atoms with Crippen LogP contribution >= 0.6 is 0 Å². The molecule has 1 aliphatic heterocycles. The highest BCUT2D eigenvalue weighted by Crippen LogP contribution is 2.21. The minimum absolute atomic E-state index is 0.0773. The zero-order valence-corrected chi connectivity index (χ0v) is 12.0. The quantitative estimate of drug-likeness (QED) is 0.850. The van der Waals surface area contributed by atoms with Gasteiger partial charge < -0.3 is 15.8 Å². The van der Waals surface area contributed by atoms with Gasteiger partial charge in [-0.05, 0) is 47.4 Å². The van der Waals surface area contributed by atoms with Gasteiger partial charge in [0.05, 0.1) is 13.2 Å². The van der Waals surface area contributed by atoms with Crippen LogP contribution in [0.25, 0.3) is 0 Å². The molecule has 1 heterocycles. The van der Waals surface area contributed by atoms with Gasteiger partial charge in [-0.25, -0.2) is 0 Å². The van der Waals surface area contributed by atoms with Crippen LogP contribution in [0.3, 0.4) is 0 Å². The van der Waals surface area contributed by atoms with E-state index in [-0.39, 0.29) is 5.91 Å². The van der Waals surface area contributed by atoms with Crippen LogP contribution in [-0.4, -0.2) is 5.91 Å². The summed E-state index contributed by atoms with van der Waals surface area (Å²) in [4.78, 5) is 12.2. The molecule has 0 spiro atoms. The summed E-state index contributed by atoms with van der Waals surface area (Å²) in [6.07, 6.45) is 0. The maximum absolute atomic E-state index is 12.2. The first-order chi connectivity index (χ1) is 10.1. The van der Waals surface area contributed by atoms with Crippen LogP contribution in [0.15, 0.2) is 36.4 Å². The molecule has 0 aromatic heterocycles. The molecule has 21 heavy (non-hydrogen) atoms. The summed E-state index contributed by atoms with van der Waals surface area (Å²) in [7, 11) is 0. The van der Waals surface area contributed by atoms with Crippen molar-refractivity contribution in [1.82, 2.24) is 5.32 Å². The van der Waals surface area contributed by atoms with Gasteiger partial charge >= 0.3 is 0 Å². The van der Waals surface area contributed by atoms with Crippen LogP contribution in [-0.2, 0) is 24.5 Å². The van der Waals surface area contributed by atoms with Crippen molar-refractivity contribution in [2.24, 2.45) is 0 Å². The van der Waals surface area contributed by atoms with E-state index < -0.39 is 0 Å². The summed E-state index contributed by atoms with van der Waals surface area (Å²) < 4.78 is 5.36. The van der Waals surface area contributed by atoms with Crippen molar-refractivity contribution < 1.29 is 9.53 Å². The molecule has 0 saturated carbocycles. The molecule has 1 amide bonds. The molecule has 4 nitrogen and oxygen atoms in total. The first kappa shape index (κ1) is 13.6. The Hall–Kier alpha value is -2.33. The van der Waals surface area contributed by atoms with Crippen LogP contribution in [0.4, 0.5) is 5.69 Å². The van der Waals surface area contributed by atoms with Gasteiger partial charge in [-0.1, -0.05) is 18.2 Å². The number of benzene rings is 2. The number of carbonyl (C=O) groups is 1. The first-order valence-electron chi connectivity index (χ1n) is 6.97. The van der Waals surface area contributed by atoms with Gasteiger partial charge in [0.25, 0.3) is 5.91 Å². The van der Waals surface area contributed by atoms with Crippen LogP contribution in [0.1, 0.15) is 32.6 Å². The van der Waals surface area contributed by atoms with Crippen LogP contribution in [0.5, 0.6) is 0 Å². The number of carbonyl (C=O) groups excluding carboxylic acids is 1. The van der Waals surface area contributed by atoms with Crippen molar-refractivity contribution in [2.75, 3.05) is 5.73 Å². The number of nitrogens with two attached hydrogens (primary N) is 1. The number of hydrogen-bond donors (Lipinski definition) is 2. The minimum Gasteiger partial charge on any atom is -0.399 e. The Kier molecular flexibility index (Phi) is 3.62. The molecule has 3 rings (SSSR count). The average molecular weight is 282 g/mol. The number of anilines is 1. The highest BCUT2D eigenvalue weighted by molar-refractivity contribution is 5.94. The smallest absolute Gasteiger partial charge is 0.251 e. The molecule has 4 heteroatoms. The molecule has 0 saturated heterocycles. The topological polar surface area (TPSA) is 64.3 Å². The van der Waals surface area contributed by atoms with Crippen molar-refractivity contribution in [3.05, 3.63) is 64.2 Å². The van der Waals surface area contributed by atoms with Crippen molar-refractivity contribution >= 4 is 11.6 Å². The van der Waals surface area contributed by atoms with E-state index in [1.54, 1.807) is 0 Å². The standard InChI is InChI=1S/C17H18N2O2/c1-11-13(3-2-4-16(11)18)8-19-17(20)12-5-6-14-9-21-10-15(14)7-12/h2-7H,8-10,18H2,1H3,(H,19,20). The van der Waals surface area contributed by atoms with E-state index >= 15 is 0 Å². The van der Waals surface area contributed by atoms with Crippen LogP contribution in [0, 0.1) is 6.92 Å². The number of rotatable bonds is 3. The molecule has 0 atom stereocenters. The number of nitrogen functional groups attached to an aromatic ring is 1. The second-order valence-electron chi connectivity index (χ2n) is 5.29. The molecule has 2 aromatic carbocycles. The average Bonchev–Trinajstić information content (AvgIpc) is 2.96. The van der Waals surface area contributed by atoms with E-state index in [1.165, 1.54) is 5.56 Å². The van der Waals surface area contributed by atoms with Gasteiger partial charge in [-0.2, -0.15) is 0 Å². The molecular weight excluding hydrogens is 264 g/mol. The van der Waals surface area contributed by atoms with Gasteiger partial charge in [0.2, 0.25) is 0 Å². The number of nitrogens with one attached hydrogen (secondary N) is 1. The van der Waals surface area contributed by atoms with Gasteiger partial charge in [-0.3, -0.25) is 4.79 Å². The lowest BCUT2D eigenvalue weighted by Crippen LogP contribution is -2.23. The Balaban J connectivity index is 1.71. The van der Waals surface area contributed by atoms with Gasteiger partial charge in [0.15, 0.2) is 0 Å². The summed E-state index contributed by atoms with van der Waals surface area (Å²) in [5.41, 5.74) is 11.6. The summed E-state index contributed by atoms with van der Waals surface area (Å²) in [6, 6.07) is 11.4. The Labute approximate surface area is 123 Å². The third-order valence-electron chi connectivity index (χ3n) is 3.91. The van der Waals surface area contributed by atoms with Crippen LogP contribution < -0.4 is 11.1 Å². The van der Waals surface area contributed by atoms with Crippen molar-refractivity contribution in [3.8, 4) is 0 Å². The SMILES string of the molecule is Cc1c(N)cccc1CNC(=O)c1ccc2c(c1)COC2. The summed E-state index contributed by atoms with van der Waals surface area (Å²) >= 11 is 0. The normalized spacial score (nSPS) is 13.0. The molecule has 0 aliphatic carbocycles. The highest BCUT2D eigenvalue weighted by atomic mass is 16.5. The molecule has 0 bridgehead atoms. The van der Waals surface area contributed by atoms with E-state index in [9.17, 15) is 4.79 Å². The second-order valence-corrected chi connectivity index (χ2v) is 5.29. The Morgan fingerprint density at radius 2 is 2.05 bits per heavy atom. The third-order valence-corrected chi connectivity index (χ3v) is 3.91. The fourth-order valence-electron chi connectivity index (χ4n) is 2.49. The number of amides is 1. The number of ether oxygens (including phenoxy) is 1. The summed E-state index contributed by atoms with van der Waals surface area (Å²) in [6.45, 7) is 3.66. The zero-order chi connectivity index (χ0) is 14.8. The monoisotopic (exact) mass is 282 g/mol. The number of fused-ring (bicyclic) bond motifs is 1. The van der Waals surface area contributed by atoms with E-state index in [1.807, 2.05) is 43.3 Å². The zero-order valence-electron chi connectivity index (χ0n) is 12.0. The molecule has 3 N–H and O–H groups in total. The fourth-order valence-corrected chi connectivity index (χ4v) is 2.49. The van der Waals surface area contributed by atoms with E-state index in [2.05, 4.69) is 5.32 Å². The lowest BCUT2D eigenvalue weighted by atomic mass is 10.0. The van der Waals surface area contributed by atoms with E-state index in [0.29, 0.717) is 25.3 Å². The number of hydrogen-bond acceptors (Lipinski definition) is 3. The fraction of sp³-hybridized carbons (Fsp3) is 0.235. The molecule has 1 aliphatic rings. The van der Waals surface area contributed by atoms with Gasteiger partial charge in [0, 0.05) is 17.8 Å². The molecule has 0 fully saturated rings. The first-order valence-corrected chi connectivity index (χ1v) is 6.97. The molecule has 108 valence electrons. The maximum Gasteiger partial charge on any atom is 0.251 e. The van der Waals surface area contributed by atoms with Crippen molar-refractivity contribution in [1.29, 1.82) is 0 Å². The predicted molar refractivity (Wildman–Crippen MR) is 81.7 cm³/mol. The van der Waals surface area contributed by atoms with Crippen molar-refractivity contribution in [2.45, 2.75) is 26.7 Å². The van der Waals surface area contributed by atoms with E-state index in [4.69, 9.17) is 10.5 Å². The van der Waals surface area contributed by atoms with Crippen LogP contribution in [0.2, 0.25) is 0 Å². The largest absolute Gasteiger partial charge is 0.399 e. The Bertz CT molecular complexity index is 695. The highest BCUT2D eigenvalue weighted by Gasteiger charge is 2.14. The lowest BCUT2D eigenvalue weighted by Gasteiger charge is -2.10. The summed E-state index contributed by atoms with van der Waals surface area (Å²) in [5.74, 6) is -0.0773. The van der Waals surface area contributed by atoms with Crippen molar-refractivity contribution in [3.63, 3.8) is 0 Å². The van der Waals surface area contributed by atoms with Gasteiger partial charge in [-0.15, -0.1) is 0 Å². The molecule has 2 aromatic rings. The molecule has 0 radical (unpaired) electrons. The Morgan fingerprint density at radius 3 is 2.90 bits per heavy atom. The Morgan fingerprint density at radius 1 is 1.24 bits per heavy atom. The minimum atomic E-state index is -0.0773. The summed E-state index contributed by atoms with van der Waals surface area (Å²) in [5, 5.41) is 2.94. The predicted octanol–water partition coefficient (Wildman–Crippen LogP) is 2.54. The lowest BCUT2D eigenvalue weighted by molar-refractivity contribution is 0.0950.